The number of piperazine rings is 1. The van der Waals surface area contributed by atoms with Crippen LogP contribution in [0.2, 0.25) is 0 Å². The van der Waals surface area contributed by atoms with Crippen molar-refractivity contribution in [1.29, 1.82) is 0 Å². The average molecular weight is 396 g/mol. The maximum absolute atomic E-state index is 12.6. The van der Waals surface area contributed by atoms with E-state index in [9.17, 15) is 9.59 Å². The Morgan fingerprint density at radius 3 is 2.79 bits per heavy atom. The fourth-order valence-electron chi connectivity index (χ4n) is 3.36. The minimum Gasteiger partial charge on any atom is -0.351 e. The summed E-state index contributed by atoms with van der Waals surface area (Å²) in [7, 11) is 2.06. The first-order chi connectivity index (χ1) is 14.1. The Morgan fingerprint density at radius 1 is 1.24 bits per heavy atom. The zero-order valence-electron chi connectivity index (χ0n) is 17.0. The largest absolute Gasteiger partial charge is 0.351 e. The highest BCUT2D eigenvalue weighted by Crippen LogP contribution is 2.12. The molecule has 3 rings (SSSR count). The highest BCUT2D eigenvalue weighted by molar-refractivity contribution is 5.93. The van der Waals surface area contributed by atoms with Gasteiger partial charge in [0, 0.05) is 38.9 Å². The van der Waals surface area contributed by atoms with Crippen LogP contribution in [0.4, 0.5) is 0 Å². The third-order valence-corrected chi connectivity index (χ3v) is 5.07. The lowest BCUT2D eigenvalue weighted by atomic mass is 10.2. The maximum Gasteiger partial charge on any atom is 0.268 e. The molecule has 2 amide bonds. The van der Waals surface area contributed by atoms with Crippen LogP contribution in [0.15, 0.2) is 49.2 Å². The van der Waals surface area contributed by atoms with Crippen LogP contribution < -0.4 is 5.32 Å². The van der Waals surface area contributed by atoms with E-state index in [1.807, 2.05) is 29.2 Å². The maximum atomic E-state index is 12.6. The lowest BCUT2D eigenvalue weighted by Gasteiger charge is -2.32. The number of nitrogens with zero attached hydrogens (tertiary/aromatic N) is 4. The van der Waals surface area contributed by atoms with Crippen LogP contribution in [0.25, 0.3) is 5.65 Å². The summed E-state index contributed by atoms with van der Waals surface area (Å²) in [5, 5.41) is 2.95. The van der Waals surface area contributed by atoms with Gasteiger partial charge in [-0.3, -0.25) is 14.0 Å². The molecule has 1 fully saturated rings. The molecular weight excluding hydrogens is 366 g/mol. The highest BCUT2D eigenvalue weighted by Gasteiger charge is 2.20. The van der Waals surface area contributed by atoms with Gasteiger partial charge in [-0.25, -0.2) is 4.98 Å². The van der Waals surface area contributed by atoms with E-state index in [0.717, 1.165) is 39.0 Å². The Bertz CT molecular complexity index is 894. The van der Waals surface area contributed by atoms with Crippen molar-refractivity contribution in [2.24, 2.45) is 0 Å². The topological polar surface area (TPSA) is 70.0 Å². The molecule has 0 radical (unpaired) electrons. The van der Waals surface area contributed by atoms with Crippen molar-refractivity contribution in [2.75, 3.05) is 39.8 Å². The molecule has 2 aromatic heterocycles. The van der Waals surface area contributed by atoms with Gasteiger partial charge in [0.05, 0.1) is 12.1 Å². The fourth-order valence-corrected chi connectivity index (χ4v) is 3.36. The van der Waals surface area contributed by atoms with Crippen LogP contribution in [0.5, 0.6) is 0 Å². The predicted octanol–water partition coefficient (Wildman–Crippen LogP) is 1.90. The highest BCUT2D eigenvalue weighted by atomic mass is 16.2. The van der Waals surface area contributed by atoms with Crippen LogP contribution in [-0.2, 0) is 11.2 Å². The summed E-state index contributed by atoms with van der Waals surface area (Å²) in [6.07, 6.45) is 9.47. The molecule has 1 aliphatic heterocycles. The summed E-state index contributed by atoms with van der Waals surface area (Å²) in [5.74, 6) is -0.0577. The van der Waals surface area contributed by atoms with E-state index >= 15 is 0 Å². The summed E-state index contributed by atoms with van der Waals surface area (Å²) >= 11 is 0. The number of allylic oxidation sites excluding steroid dienone is 3. The number of fused-ring (bicyclic) bond motifs is 1. The number of imidazole rings is 1. The lowest BCUT2D eigenvalue weighted by molar-refractivity contribution is -0.132. The molecule has 0 aromatic carbocycles. The number of carbonyl (C=O) groups is 2. The first-order valence-electron chi connectivity index (χ1n) is 10.1. The third-order valence-electron chi connectivity index (χ3n) is 5.07. The lowest BCUT2D eigenvalue weighted by Crippen LogP contribution is -2.47. The van der Waals surface area contributed by atoms with Crippen LogP contribution in [0, 0.1) is 0 Å². The number of nitrogens with one attached hydrogen (secondary N) is 1. The third kappa shape index (κ3) is 5.54. The second kappa shape index (κ2) is 10.0. The Balaban J connectivity index is 1.62. The molecule has 0 bridgehead atoms. The number of amides is 2. The molecule has 1 aliphatic rings. The molecule has 0 unspecified atom stereocenters. The number of pyridine rings is 1. The van der Waals surface area contributed by atoms with Crippen molar-refractivity contribution in [3.63, 3.8) is 0 Å². The normalized spacial score (nSPS) is 15.1. The molecule has 1 saturated heterocycles. The van der Waals surface area contributed by atoms with E-state index in [1.165, 1.54) is 0 Å². The van der Waals surface area contributed by atoms with E-state index in [-0.39, 0.29) is 18.2 Å². The SMILES string of the molecule is C=C/C=C\CCCNC(=O)c1cccc2nc(CC(=O)N3CCN(C)CC3)cn12. The van der Waals surface area contributed by atoms with E-state index < -0.39 is 0 Å². The zero-order valence-corrected chi connectivity index (χ0v) is 17.0. The standard InChI is InChI=1S/C22H29N5O2/c1-3-4-5-6-7-11-23-22(29)19-9-8-10-20-24-18(17-27(19)20)16-21(28)26-14-12-25(2)13-15-26/h3-5,8-10,17H,1,6-7,11-16H2,2H3,(H,23,29)/b5-4-. The molecule has 0 saturated carbocycles. The van der Waals surface area contributed by atoms with Crippen molar-refractivity contribution >= 4 is 17.5 Å². The average Bonchev–Trinajstić information content (AvgIpc) is 3.13. The van der Waals surface area contributed by atoms with Crippen molar-refractivity contribution in [1.82, 2.24) is 24.5 Å². The molecule has 7 heteroatoms. The zero-order chi connectivity index (χ0) is 20.6. The van der Waals surface area contributed by atoms with Crippen LogP contribution in [-0.4, -0.2) is 70.8 Å². The molecule has 3 heterocycles. The van der Waals surface area contributed by atoms with Crippen molar-refractivity contribution in [3.05, 3.63) is 60.6 Å². The molecule has 0 spiro atoms. The summed E-state index contributed by atoms with van der Waals surface area (Å²) in [6.45, 7) is 7.51. The number of carbonyl (C=O) groups excluding carboxylic acids is 2. The van der Waals surface area contributed by atoms with Gasteiger partial charge < -0.3 is 15.1 Å². The molecule has 2 aromatic rings. The first-order valence-corrected chi connectivity index (χ1v) is 10.1. The minimum absolute atomic E-state index is 0.0834. The number of rotatable bonds is 8. The number of likely N-dealkylation sites (N-methyl/N-ethyl adjacent to an activating group) is 1. The van der Waals surface area contributed by atoms with Crippen LogP contribution >= 0.6 is 0 Å². The number of aromatic nitrogens is 2. The van der Waals surface area contributed by atoms with Crippen LogP contribution in [0.3, 0.4) is 0 Å². The Kier molecular flexibility index (Phi) is 7.19. The molecule has 7 nitrogen and oxygen atoms in total. The predicted molar refractivity (Wildman–Crippen MR) is 114 cm³/mol. The molecule has 29 heavy (non-hydrogen) atoms. The second-order valence-electron chi connectivity index (χ2n) is 7.29. The Morgan fingerprint density at radius 2 is 2.03 bits per heavy atom. The van der Waals surface area contributed by atoms with Gasteiger partial charge in [0.25, 0.3) is 5.91 Å². The molecular formula is C22H29N5O2. The van der Waals surface area contributed by atoms with E-state index in [2.05, 4.69) is 28.8 Å². The minimum atomic E-state index is -0.141. The first kappa shape index (κ1) is 20.8. The number of unbranched alkanes of at least 4 members (excludes halogenated alkanes) is 1. The van der Waals surface area contributed by atoms with Crippen molar-refractivity contribution in [2.45, 2.75) is 19.3 Å². The van der Waals surface area contributed by atoms with Gasteiger partial charge in [-0.15, -0.1) is 0 Å². The summed E-state index contributed by atoms with van der Waals surface area (Å²) in [5.41, 5.74) is 1.88. The molecule has 154 valence electrons. The molecule has 1 N–H and O–H groups in total. The molecule has 0 aliphatic carbocycles. The van der Waals surface area contributed by atoms with E-state index in [0.29, 0.717) is 23.6 Å². The molecule has 0 atom stereocenters. The van der Waals surface area contributed by atoms with Gasteiger partial charge in [-0.2, -0.15) is 0 Å². The van der Waals surface area contributed by atoms with Gasteiger partial charge in [-0.05, 0) is 32.0 Å². The van der Waals surface area contributed by atoms with Crippen molar-refractivity contribution in [3.8, 4) is 0 Å². The summed E-state index contributed by atoms with van der Waals surface area (Å²) in [4.78, 5) is 33.8. The monoisotopic (exact) mass is 395 g/mol. The second-order valence-corrected chi connectivity index (χ2v) is 7.29. The van der Waals surface area contributed by atoms with Gasteiger partial charge >= 0.3 is 0 Å². The van der Waals surface area contributed by atoms with Gasteiger partial charge in [0.15, 0.2) is 0 Å². The Hall–Kier alpha value is -2.93. The van der Waals surface area contributed by atoms with Gasteiger partial charge in [0.1, 0.15) is 11.3 Å². The number of hydrogen-bond donors (Lipinski definition) is 1. The summed E-state index contributed by atoms with van der Waals surface area (Å²) < 4.78 is 1.76. The van der Waals surface area contributed by atoms with Crippen LogP contribution in [0.1, 0.15) is 29.0 Å². The quantitative estimate of drug-likeness (QED) is 0.548. The summed E-state index contributed by atoms with van der Waals surface area (Å²) in [6, 6.07) is 5.44. The van der Waals surface area contributed by atoms with E-state index in [4.69, 9.17) is 0 Å². The fraction of sp³-hybridized carbons (Fsp3) is 0.409. The van der Waals surface area contributed by atoms with Gasteiger partial charge in [0.2, 0.25) is 5.91 Å². The van der Waals surface area contributed by atoms with Gasteiger partial charge in [-0.1, -0.05) is 30.9 Å². The van der Waals surface area contributed by atoms with Crippen molar-refractivity contribution < 1.29 is 9.59 Å². The smallest absolute Gasteiger partial charge is 0.268 e. The Labute approximate surface area is 171 Å². The number of hydrogen-bond acceptors (Lipinski definition) is 4. The van der Waals surface area contributed by atoms with E-state index in [1.54, 1.807) is 22.7 Å².